The third-order valence-corrected chi connectivity index (χ3v) is 2.83. The van der Waals surface area contributed by atoms with Gasteiger partial charge < -0.3 is 0 Å². The van der Waals surface area contributed by atoms with E-state index in [0.717, 1.165) is 18.4 Å². The number of ketones is 1. The number of aryl methyl sites for hydroxylation is 2. The SMILES string of the molecule is Cc1ccc2c(c1)C(=O)C(C)CC2. The zero-order valence-corrected chi connectivity index (χ0v) is 8.13. The molecule has 0 fully saturated rings. The molecule has 0 heterocycles. The lowest BCUT2D eigenvalue weighted by atomic mass is 9.83. The van der Waals surface area contributed by atoms with E-state index >= 15 is 0 Å². The van der Waals surface area contributed by atoms with Crippen molar-refractivity contribution < 1.29 is 4.79 Å². The maximum absolute atomic E-state index is 11.8. The van der Waals surface area contributed by atoms with Crippen molar-refractivity contribution in [3.8, 4) is 0 Å². The number of hydrogen-bond acceptors (Lipinski definition) is 1. The molecule has 0 spiro atoms. The minimum atomic E-state index is 0.217. The molecule has 0 saturated carbocycles. The van der Waals surface area contributed by atoms with Gasteiger partial charge in [0.1, 0.15) is 0 Å². The van der Waals surface area contributed by atoms with Crippen molar-refractivity contribution >= 4 is 5.78 Å². The smallest absolute Gasteiger partial charge is 0.165 e. The van der Waals surface area contributed by atoms with Crippen molar-refractivity contribution in [1.29, 1.82) is 0 Å². The van der Waals surface area contributed by atoms with Gasteiger partial charge in [0.15, 0.2) is 5.78 Å². The van der Waals surface area contributed by atoms with Crippen LogP contribution in [-0.2, 0) is 6.42 Å². The minimum Gasteiger partial charge on any atom is -0.294 e. The highest BCUT2D eigenvalue weighted by molar-refractivity contribution is 6.00. The van der Waals surface area contributed by atoms with Crippen LogP contribution in [0.1, 0.15) is 34.8 Å². The topological polar surface area (TPSA) is 17.1 Å². The summed E-state index contributed by atoms with van der Waals surface area (Å²) < 4.78 is 0. The van der Waals surface area contributed by atoms with E-state index in [2.05, 4.69) is 12.1 Å². The summed E-state index contributed by atoms with van der Waals surface area (Å²) in [5, 5.41) is 0. The molecule has 13 heavy (non-hydrogen) atoms. The number of carbonyl (C=O) groups excluding carboxylic acids is 1. The standard InChI is InChI=1S/C12H14O/c1-8-3-5-10-6-4-9(2)12(13)11(10)7-8/h3,5,7,9H,4,6H2,1-2H3. The molecule has 1 aliphatic carbocycles. The van der Waals surface area contributed by atoms with Crippen LogP contribution in [0.2, 0.25) is 0 Å². The number of hydrogen-bond donors (Lipinski definition) is 0. The highest BCUT2D eigenvalue weighted by atomic mass is 16.1. The summed E-state index contributed by atoms with van der Waals surface area (Å²) in [5.74, 6) is 0.541. The van der Waals surface area contributed by atoms with Crippen LogP contribution >= 0.6 is 0 Å². The Hall–Kier alpha value is -1.11. The average molecular weight is 174 g/mol. The average Bonchev–Trinajstić information content (AvgIpc) is 2.12. The maximum atomic E-state index is 11.8. The quantitative estimate of drug-likeness (QED) is 0.591. The summed E-state index contributed by atoms with van der Waals surface area (Å²) in [4.78, 5) is 11.8. The molecule has 1 unspecified atom stereocenters. The van der Waals surface area contributed by atoms with Crippen LogP contribution in [-0.4, -0.2) is 5.78 Å². The van der Waals surface area contributed by atoms with Crippen LogP contribution in [0.3, 0.4) is 0 Å². The largest absolute Gasteiger partial charge is 0.294 e. The van der Waals surface area contributed by atoms with E-state index in [1.165, 1.54) is 11.1 Å². The molecule has 0 saturated heterocycles. The van der Waals surface area contributed by atoms with Gasteiger partial charge in [-0.2, -0.15) is 0 Å². The number of carbonyl (C=O) groups is 1. The highest BCUT2D eigenvalue weighted by Crippen LogP contribution is 2.25. The molecule has 0 aromatic heterocycles. The van der Waals surface area contributed by atoms with Crippen LogP contribution in [0, 0.1) is 12.8 Å². The van der Waals surface area contributed by atoms with E-state index < -0.39 is 0 Å². The van der Waals surface area contributed by atoms with Gasteiger partial charge in [-0.1, -0.05) is 24.6 Å². The summed E-state index contributed by atoms with van der Waals surface area (Å²) in [6.45, 7) is 4.06. The third kappa shape index (κ3) is 1.39. The van der Waals surface area contributed by atoms with Gasteiger partial charge in [0.25, 0.3) is 0 Å². The molecule has 1 aromatic carbocycles. The van der Waals surface area contributed by atoms with Gasteiger partial charge in [-0.05, 0) is 31.4 Å². The lowest BCUT2D eigenvalue weighted by Gasteiger charge is -2.20. The van der Waals surface area contributed by atoms with Crippen LogP contribution in [0.4, 0.5) is 0 Å². The molecule has 0 aliphatic heterocycles. The first-order chi connectivity index (χ1) is 6.18. The van der Waals surface area contributed by atoms with Crippen molar-refractivity contribution in [3.63, 3.8) is 0 Å². The van der Waals surface area contributed by atoms with Gasteiger partial charge in [-0.25, -0.2) is 0 Å². The van der Waals surface area contributed by atoms with Crippen molar-refractivity contribution in [3.05, 3.63) is 34.9 Å². The Labute approximate surface area is 78.8 Å². The van der Waals surface area contributed by atoms with Gasteiger partial charge in [0, 0.05) is 11.5 Å². The lowest BCUT2D eigenvalue weighted by molar-refractivity contribution is 0.0913. The van der Waals surface area contributed by atoms with Crippen LogP contribution in [0.25, 0.3) is 0 Å². The van der Waals surface area contributed by atoms with Gasteiger partial charge in [-0.3, -0.25) is 4.79 Å². The fourth-order valence-corrected chi connectivity index (χ4v) is 1.91. The Morgan fingerprint density at radius 3 is 2.92 bits per heavy atom. The fraction of sp³-hybridized carbons (Fsp3) is 0.417. The van der Waals surface area contributed by atoms with E-state index in [0.29, 0.717) is 5.78 Å². The Kier molecular flexibility index (Phi) is 1.95. The normalized spacial score (nSPS) is 21.4. The van der Waals surface area contributed by atoms with Gasteiger partial charge in [0.05, 0.1) is 0 Å². The minimum absolute atomic E-state index is 0.217. The molecule has 68 valence electrons. The Bertz CT molecular complexity index is 352. The number of Topliss-reactive ketones (excluding diaryl/α,β-unsaturated/α-hetero) is 1. The summed E-state index contributed by atoms with van der Waals surface area (Å²) >= 11 is 0. The molecule has 1 atom stereocenters. The maximum Gasteiger partial charge on any atom is 0.165 e. The van der Waals surface area contributed by atoms with Crippen molar-refractivity contribution in [1.82, 2.24) is 0 Å². The second-order valence-corrected chi connectivity index (χ2v) is 3.96. The molecule has 1 heteroatoms. The van der Waals surface area contributed by atoms with Gasteiger partial charge in [0.2, 0.25) is 0 Å². The van der Waals surface area contributed by atoms with Crippen molar-refractivity contribution in [2.75, 3.05) is 0 Å². The van der Waals surface area contributed by atoms with Crippen LogP contribution in [0.15, 0.2) is 18.2 Å². The molecule has 0 radical (unpaired) electrons. The summed E-state index contributed by atoms with van der Waals surface area (Å²) in [7, 11) is 0. The predicted molar refractivity (Wildman–Crippen MR) is 53.0 cm³/mol. The molecule has 1 nitrogen and oxygen atoms in total. The Balaban J connectivity index is 2.51. The monoisotopic (exact) mass is 174 g/mol. The Morgan fingerprint density at radius 2 is 2.15 bits per heavy atom. The molecule has 0 bridgehead atoms. The zero-order valence-electron chi connectivity index (χ0n) is 8.13. The summed E-state index contributed by atoms with van der Waals surface area (Å²) in [5.41, 5.74) is 3.37. The summed E-state index contributed by atoms with van der Waals surface area (Å²) in [6.07, 6.45) is 2.07. The number of rotatable bonds is 0. The highest BCUT2D eigenvalue weighted by Gasteiger charge is 2.23. The molecule has 2 rings (SSSR count). The van der Waals surface area contributed by atoms with E-state index in [9.17, 15) is 4.79 Å². The van der Waals surface area contributed by atoms with Crippen LogP contribution < -0.4 is 0 Å². The van der Waals surface area contributed by atoms with Crippen molar-refractivity contribution in [2.24, 2.45) is 5.92 Å². The molecule has 1 aliphatic rings. The first kappa shape index (κ1) is 8.49. The van der Waals surface area contributed by atoms with Gasteiger partial charge in [-0.15, -0.1) is 0 Å². The second-order valence-electron chi connectivity index (χ2n) is 3.96. The number of benzene rings is 1. The molecule has 0 N–H and O–H groups in total. The molecule has 1 aromatic rings. The predicted octanol–water partition coefficient (Wildman–Crippen LogP) is 2.76. The number of fused-ring (bicyclic) bond motifs is 1. The zero-order chi connectivity index (χ0) is 9.42. The van der Waals surface area contributed by atoms with Crippen molar-refractivity contribution in [2.45, 2.75) is 26.7 Å². The lowest BCUT2D eigenvalue weighted by Crippen LogP contribution is -2.19. The van der Waals surface area contributed by atoms with Gasteiger partial charge >= 0.3 is 0 Å². The summed E-state index contributed by atoms with van der Waals surface area (Å²) in [6, 6.07) is 6.20. The van der Waals surface area contributed by atoms with E-state index in [4.69, 9.17) is 0 Å². The van der Waals surface area contributed by atoms with E-state index in [1.54, 1.807) is 0 Å². The third-order valence-electron chi connectivity index (χ3n) is 2.83. The molecular formula is C12H14O. The van der Waals surface area contributed by atoms with E-state index in [-0.39, 0.29) is 5.92 Å². The second kappa shape index (κ2) is 2.99. The fourth-order valence-electron chi connectivity index (χ4n) is 1.91. The Morgan fingerprint density at radius 1 is 1.38 bits per heavy atom. The molecule has 0 amide bonds. The molecular weight excluding hydrogens is 160 g/mol. The first-order valence-corrected chi connectivity index (χ1v) is 4.82. The van der Waals surface area contributed by atoms with Crippen LogP contribution in [0.5, 0.6) is 0 Å². The van der Waals surface area contributed by atoms with E-state index in [1.807, 2.05) is 19.9 Å². The first-order valence-electron chi connectivity index (χ1n) is 4.82.